The van der Waals surface area contributed by atoms with Crippen molar-refractivity contribution in [3.8, 4) is 0 Å². The second kappa shape index (κ2) is 0.559. The van der Waals surface area contributed by atoms with E-state index in [1.165, 1.54) is 0 Å². The highest BCUT2D eigenvalue weighted by Gasteiger charge is 2.53. The minimum atomic E-state index is -0.407. The van der Waals surface area contributed by atoms with Crippen LogP contribution in [-0.2, 0) is 4.79 Å². The van der Waals surface area contributed by atoms with Crippen molar-refractivity contribution in [3.05, 3.63) is 12.2 Å². The van der Waals surface area contributed by atoms with Crippen molar-refractivity contribution in [1.29, 1.82) is 5.41 Å². The molecule has 1 radical (unpaired) electrons. The Morgan fingerprint density at radius 3 is 1.83 bits per heavy atom. The van der Waals surface area contributed by atoms with E-state index < -0.39 is 5.78 Å². The summed E-state index contributed by atoms with van der Waals surface area (Å²) in [5.74, 6) is -0.407. The van der Waals surface area contributed by atoms with Gasteiger partial charge >= 0.3 is 11.4 Å². The molecule has 0 aromatic carbocycles. The fourth-order valence-electron chi connectivity index (χ4n) is 0.170. The lowest BCUT2D eigenvalue weighted by molar-refractivity contribution is -0.106. The first-order valence-corrected chi connectivity index (χ1v) is 1.45. The highest BCUT2D eigenvalue weighted by atomic mass is 16.1. The molecule has 0 bridgehead atoms. The van der Waals surface area contributed by atoms with Gasteiger partial charge in [-0.25, -0.2) is 5.41 Å². The Hall–Kier alpha value is -1.01. The molecule has 1 rings (SSSR count). The first-order chi connectivity index (χ1) is 2.73. The average molecular weight is 79.1 g/mol. The molecule has 0 aromatic heterocycles. The van der Waals surface area contributed by atoms with Crippen molar-refractivity contribution < 1.29 is 4.79 Å². The van der Waals surface area contributed by atoms with Crippen molar-refractivity contribution in [2.75, 3.05) is 0 Å². The monoisotopic (exact) mass is 79.0 g/mol. The Morgan fingerprint density at radius 2 is 1.83 bits per heavy atom. The average Bonchev–Trinajstić information content (AvgIpc) is 1.94. The normalized spacial score (nSPS) is 18.8. The van der Waals surface area contributed by atoms with Crippen LogP contribution in [0.4, 0.5) is 0 Å². The highest BCUT2D eigenvalue weighted by Crippen LogP contribution is 2.12. The molecule has 2 nitrogen and oxygen atoms in total. The predicted octanol–water partition coefficient (Wildman–Crippen LogP) is -0.175. The molecule has 0 aliphatic heterocycles. The summed E-state index contributed by atoms with van der Waals surface area (Å²) >= 11 is 0. The lowest BCUT2D eigenvalue weighted by Crippen LogP contribution is -1.60. The van der Waals surface area contributed by atoms with Gasteiger partial charge in [0.25, 0.3) is 5.71 Å². The minimum Gasteiger partial charge on any atom is -0.216 e. The SMILES string of the molecule is [C+]=C1C(=N)C1=O. The molecular formula is C4HNO+. The van der Waals surface area contributed by atoms with Gasteiger partial charge in [0.2, 0.25) is 0 Å². The molecule has 1 saturated carbocycles. The van der Waals surface area contributed by atoms with E-state index in [2.05, 4.69) is 0 Å². The van der Waals surface area contributed by atoms with E-state index >= 15 is 0 Å². The highest BCUT2D eigenvalue weighted by molar-refractivity contribution is 6.74. The van der Waals surface area contributed by atoms with Crippen LogP contribution in [0.1, 0.15) is 0 Å². The summed E-state index contributed by atoms with van der Waals surface area (Å²) in [6.45, 7) is 6.45. The van der Waals surface area contributed by atoms with E-state index in [0.29, 0.717) is 0 Å². The number of rotatable bonds is 0. The number of hydrogen-bond donors (Lipinski definition) is 1. The van der Waals surface area contributed by atoms with Crippen molar-refractivity contribution in [3.63, 3.8) is 0 Å². The van der Waals surface area contributed by atoms with E-state index in [9.17, 15) is 4.79 Å². The maximum atomic E-state index is 9.77. The van der Waals surface area contributed by atoms with Crippen LogP contribution in [0.2, 0.25) is 0 Å². The molecule has 0 aromatic rings. The molecule has 1 fully saturated rings. The molecule has 0 atom stereocenters. The number of allylic oxidation sites excluding steroid dienone is 1. The van der Waals surface area contributed by atoms with Gasteiger partial charge in [-0.05, 0) is 0 Å². The van der Waals surface area contributed by atoms with Gasteiger partial charge in [0, 0.05) is 0 Å². The molecule has 1 aliphatic carbocycles. The quantitative estimate of drug-likeness (QED) is 0.317. The summed E-state index contributed by atoms with van der Waals surface area (Å²) in [6, 6.07) is 0. The number of Topliss-reactive ketones (excluding diaryl/α,β-unsaturated/α-hetero) is 1. The lowest BCUT2D eigenvalue weighted by atomic mass is 10.7. The molecular weight excluding hydrogens is 78.0 g/mol. The van der Waals surface area contributed by atoms with Gasteiger partial charge in [0.1, 0.15) is 0 Å². The summed E-state index contributed by atoms with van der Waals surface area (Å²) in [6.07, 6.45) is 0. The van der Waals surface area contributed by atoms with E-state index in [-0.39, 0.29) is 11.3 Å². The number of hydrogen-bond acceptors (Lipinski definition) is 2. The molecule has 0 heterocycles. The summed E-state index contributed by atoms with van der Waals surface area (Å²) in [5, 5.41) is 6.45. The third-order valence-electron chi connectivity index (χ3n) is 0.642. The zero-order valence-electron chi connectivity index (χ0n) is 2.91. The molecule has 6 heavy (non-hydrogen) atoms. The second-order valence-corrected chi connectivity index (χ2v) is 1.08. The van der Waals surface area contributed by atoms with Crippen LogP contribution in [0, 0.1) is 12.0 Å². The molecule has 1 aliphatic rings. The molecule has 0 spiro atoms. The number of nitrogens with one attached hydrogen (secondary N) is 1. The minimum absolute atomic E-state index is 0.130. The molecule has 0 unspecified atom stereocenters. The molecule has 1 N–H and O–H groups in total. The summed E-state index contributed by atoms with van der Waals surface area (Å²) in [7, 11) is 0. The summed E-state index contributed by atoms with van der Waals surface area (Å²) in [4.78, 5) is 9.77. The smallest absolute Gasteiger partial charge is 0.216 e. The van der Waals surface area contributed by atoms with Crippen LogP contribution >= 0.6 is 0 Å². The van der Waals surface area contributed by atoms with Gasteiger partial charge in [-0.2, -0.15) is 4.79 Å². The van der Waals surface area contributed by atoms with Crippen molar-refractivity contribution >= 4 is 11.5 Å². The summed E-state index contributed by atoms with van der Waals surface area (Å²) < 4.78 is 0. The Morgan fingerprint density at radius 1 is 1.67 bits per heavy atom. The first kappa shape index (κ1) is 3.19. The van der Waals surface area contributed by atoms with Crippen molar-refractivity contribution in [2.45, 2.75) is 0 Å². The van der Waals surface area contributed by atoms with Crippen LogP contribution in [0.15, 0.2) is 5.57 Å². The van der Waals surface area contributed by atoms with Gasteiger partial charge < -0.3 is 0 Å². The predicted molar refractivity (Wildman–Crippen MR) is 19.5 cm³/mol. The maximum Gasteiger partial charge on any atom is 0.390 e. The Kier molecular flexibility index (Phi) is 0.297. The second-order valence-electron chi connectivity index (χ2n) is 1.08. The largest absolute Gasteiger partial charge is 0.390 e. The van der Waals surface area contributed by atoms with Crippen molar-refractivity contribution in [1.82, 2.24) is 0 Å². The molecule has 2 heteroatoms. The summed E-state index contributed by atoms with van der Waals surface area (Å²) in [5.41, 5.74) is -0.259. The fraction of sp³-hybridized carbons (Fsp3) is 0. The fourth-order valence-corrected chi connectivity index (χ4v) is 0.170. The van der Waals surface area contributed by atoms with Crippen LogP contribution in [-0.4, -0.2) is 11.5 Å². The standard InChI is InChI=1S/C4HNO/c1-2-3(5)4(2)6/h5H/q+1. The lowest BCUT2D eigenvalue weighted by Gasteiger charge is -1.18. The van der Waals surface area contributed by atoms with Gasteiger partial charge in [-0.15, -0.1) is 0 Å². The molecule has 0 saturated heterocycles. The van der Waals surface area contributed by atoms with Gasteiger partial charge in [0.15, 0.2) is 6.58 Å². The topological polar surface area (TPSA) is 40.9 Å². The zero-order valence-corrected chi connectivity index (χ0v) is 2.91. The third-order valence-corrected chi connectivity index (χ3v) is 0.642. The first-order valence-electron chi connectivity index (χ1n) is 1.45. The van der Waals surface area contributed by atoms with Gasteiger partial charge in [-0.1, -0.05) is 0 Å². The Bertz CT molecular complexity index is 105. The van der Waals surface area contributed by atoms with Crippen molar-refractivity contribution in [2.24, 2.45) is 0 Å². The Labute approximate surface area is 35.0 Å². The zero-order chi connectivity index (χ0) is 4.73. The van der Waals surface area contributed by atoms with Gasteiger partial charge in [0.05, 0.1) is 0 Å². The Balaban J connectivity index is 3.04. The number of carbonyl (C=O) groups is 1. The number of carbonyl (C=O) groups excluding carboxylic acids is 1. The van der Waals surface area contributed by atoms with Crippen LogP contribution in [0.3, 0.4) is 0 Å². The molecule has 27 valence electrons. The van der Waals surface area contributed by atoms with Crippen LogP contribution < -0.4 is 0 Å². The van der Waals surface area contributed by atoms with E-state index in [4.69, 9.17) is 12.0 Å². The maximum absolute atomic E-state index is 9.77. The third kappa shape index (κ3) is 0.147. The van der Waals surface area contributed by atoms with Gasteiger partial charge in [-0.3, -0.25) is 0 Å². The molecule has 0 amide bonds. The van der Waals surface area contributed by atoms with Crippen LogP contribution in [0.25, 0.3) is 0 Å². The van der Waals surface area contributed by atoms with E-state index in [0.717, 1.165) is 0 Å². The van der Waals surface area contributed by atoms with Crippen LogP contribution in [0.5, 0.6) is 0 Å². The number of ketones is 1. The van der Waals surface area contributed by atoms with E-state index in [1.54, 1.807) is 0 Å². The van der Waals surface area contributed by atoms with E-state index in [1.807, 2.05) is 0 Å².